The summed E-state index contributed by atoms with van der Waals surface area (Å²) in [6.45, 7) is 4.56. The van der Waals surface area contributed by atoms with Crippen LogP contribution in [0, 0.1) is 5.92 Å². The summed E-state index contributed by atoms with van der Waals surface area (Å²) in [6, 6.07) is 0. The molecule has 116 valence electrons. The van der Waals surface area contributed by atoms with Gasteiger partial charge in [0.25, 0.3) is 0 Å². The summed E-state index contributed by atoms with van der Waals surface area (Å²) >= 11 is 13.3. The minimum Gasteiger partial charge on any atom is -0.122 e. The fourth-order valence-corrected chi connectivity index (χ4v) is 10.3. The van der Waals surface area contributed by atoms with Gasteiger partial charge in [-0.1, -0.05) is 60.9 Å². The van der Waals surface area contributed by atoms with Crippen LogP contribution >= 0.6 is 82.3 Å². The highest BCUT2D eigenvalue weighted by atomic mass is 32.3. The first kappa shape index (κ1) is 18.7. The molecule has 0 fully saturated rings. The highest BCUT2D eigenvalue weighted by molar-refractivity contribution is 8.40. The summed E-state index contributed by atoms with van der Waals surface area (Å²) < 4.78 is 7.14. The van der Waals surface area contributed by atoms with Crippen molar-refractivity contribution in [1.29, 1.82) is 0 Å². The van der Waals surface area contributed by atoms with E-state index in [1.165, 1.54) is 26.1 Å². The van der Waals surface area contributed by atoms with Crippen LogP contribution in [0.2, 0.25) is 0 Å². The number of rotatable bonds is 5. The van der Waals surface area contributed by atoms with Crippen molar-refractivity contribution < 1.29 is 0 Å². The first-order valence-corrected chi connectivity index (χ1v) is 13.3. The van der Waals surface area contributed by atoms with E-state index < -0.39 is 0 Å². The molecule has 0 radical (unpaired) electrons. The molecule has 7 heteroatoms. The van der Waals surface area contributed by atoms with Crippen molar-refractivity contribution in [2.75, 3.05) is 18.8 Å². The van der Waals surface area contributed by atoms with Gasteiger partial charge in [0.05, 0.1) is 21.2 Å². The number of allylic oxidation sites excluding steroid dienone is 3. The largest absolute Gasteiger partial charge is 0.122 e. The van der Waals surface area contributed by atoms with Crippen molar-refractivity contribution >= 4 is 82.3 Å². The molecule has 0 nitrogen and oxygen atoms in total. The lowest BCUT2D eigenvalue weighted by atomic mass is 10.2. The van der Waals surface area contributed by atoms with E-state index in [9.17, 15) is 0 Å². The molecule has 0 N–H and O–H groups in total. The molecule has 0 saturated carbocycles. The maximum Gasteiger partial charge on any atom is 0.0657 e. The van der Waals surface area contributed by atoms with Gasteiger partial charge in [-0.05, 0) is 36.8 Å². The van der Waals surface area contributed by atoms with Crippen molar-refractivity contribution in [2.45, 2.75) is 13.8 Å². The predicted molar refractivity (Wildman–Crippen MR) is 116 cm³/mol. The Hall–Kier alpha value is 1.41. The average molecular weight is 411 g/mol. The summed E-state index contributed by atoms with van der Waals surface area (Å²) in [7, 11) is 0. The second-order valence-electron chi connectivity index (χ2n) is 4.37. The van der Waals surface area contributed by atoms with Gasteiger partial charge in [-0.25, -0.2) is 0 Å². The van der Waals surface area contributed by atoms with Crippen molar-refractivity contribution in [3.8, 4) is 0 Å². The zero-order valence-corrected chi connectivity index (χ0v) is 18.3. The van der Waals surface area contributed by atoms with E-state index in [1.807, 2.05) is 82.3 Å². The zero-order chi connectivity index (χ0) is 15.4. The fourth-order valence-electron chi connectivity index (χ4n) is 1.62. The molecule has 0 bridgehead atoms. The molecule has 0 unspecified atom stereocenters. The normalized spacial score (nSPS) is 21.4. The summed E-state index contributed by atoms with van der Waals surface area (Å²) in [5.41, 5.74) is 0. The van der Waals surface area contributed by atoms with Crippen LogP contribution in [0.15, 0.2) is 38.2 Å². The Morgan fingerprint density at radius 1 is 0.714 bits per heavy atom. The van der Waals surface area contributed by atoms with E-state index in [2.05, 4.69) is 44.8 Å². The maximum absolute atomic E-state index is 2.29. The summed E-state index contributed by atoms with van der Waals surface area (Å²) in [5.74, 6) is 0.617. The Balaban J connectivity index is 2.03. The van der Waals surface area contributed by atoms with Gasteiger partial charge < -0.3 is 0 Å². The molecule has 0 atom stereocenters. The highest BCUT2D eigenvalue weighted by Crippen LogP contribution is 2.57. The van der Waals surface area contributed by atoms with Gasteiger partial charge in [0.1, 0.15) is 0 Å². The monoisotopic (exact) mass is 410 g/mol. The summed E-state index contributed by atoms with van der Waals surface area (Å²) in [5, 5.41) is 0. The third-order valence-corrected chi connectivity index (χ3v) is 11.8. The molecule has 2 rings (SSSR count). The molecule has 2 aliphatic heterocycles. The molecule has 0 aliphatic carbocycles. The Morgan fingerprint density at radius 3 is 1.52 bits per heavy atom. The Morgan fingerprint density at radius 2 is 1.14 bits per heavy atom. The Bertz CT molecular complexity index is 507. The average Bonchev–Trinajstić information content (AvgIpc) is 3.08. The van der Waals surface area contributed by atoms with E-state index in [-0.39, 0.29) is 0 Å². The lowest BCUT2D eigenvalue weighted by Gasteiger charge is -2.05. The second kappa shape index (κ2) is 9.04. The first-order valence-electron chi connectivity index (χ1n) is 6.32. The van der Waals surface area contributed by atoms with Crippen molar-refractivity contribution in [3.63, 3.8) is 0 Å². The highest BCUT2D eigenvalue weighted by Gasteiger charge is 2.23. The molecule has 2 heterocycles. The van der Waals surface area contributed by atoms with Crippen LogP contribution in [0.1, 0.15) is 13.8 Å². The molecule has 2 aliphatic rings. The topological polar surface area (TPSA) is 0 Å². The predicted octanol–water partition coefficient (Wildman–Crippen LogP) is 7.67. The van der Waals surface area contributed by atoms with E-state index >= 15 is 0 Å². The Labute approximate surface area is 158 Å². The standard InChI is InChI=1S/C14H18S7/c1-8(2)11-12(15-3)19-9(18-11)6-7-10-20-13(16-4)14(17-5)21-10/h6-8H,1-5H3/b9-6-. The first-order chi connectivity index (χ1) is 10.1. The number of hydrogen-bond acceptors (Lipinski definition) is 7. The van der Waals surface area contributed by atoms with Crippen molar-refractivity contribution in [3.05, 3.63) is 38.2 Å². The SMILES string of the molecule is CSC1=C(SC)SC(=C/C=C2\SC(SC)=C(C(C)C)S2)S1. The minimum atomic E-state index is 0.617. The van der Waals surface area contributed by atoms with E-state index in [4.69, 9.17) is 0 Å². The fraction of sp³-hybridized carbons (Fsp3) is 0.429. The third kappa shape index (κ3) is 4.94. The smallest absolute Gasteiger partial charge is 0.0657 e. The molecule has 0 amide bonds. The molecular weight excluding hydrogens is 393 g/mol. The Kier molecular flexibility index (Phi) is 8.07. The van der Waals surface area contributed by atoms with E-state index in [0.717, 1.165) is 0 Å². The molecule has 0 aromatic rings. The number of thioether (sulfide) groups is 7. The summed E-state index contributed by atoms with van der Waals surface area (Å²) in [4.78, 5) is 1.52. The maximum atomic E-state index is 2.29. The van der Waals surface area contributed by atoms with Gasteiger partial charge in [-0.2, -0.15) is 0 Å². The molecule has 0 aromatic heterocycles. The van der Waals surface area contributed by atoms with Crippen LogP contribution in [0.25, 0.3) is 0 Å². The summed E-state index contributed by atoms with van der Waals surface area (Å²) in [6.07, 6.45) is 11.1. The minimum absolute atomic E-state index is 0.617. The molecular formula is C14H18S7. The van der Waals surface area contributed by atoms with Crippen molar-refractivity contribution in [2.24, 2.45) is 5.92 Å². The van der Waals surface area contributed by atoms with Crippen LogP contribution < -0.4 is 0 Å². The van der Waals surface area contributed by atoms with Gasteiger partial charge in [0.15, 0.2) is 0 Å². The molecule has 0 saturated heterocycles. The molecule has 0 spiro atoms. The van der Waals surface area contributed by atoms with Crippen LogP contribution in [0.3, 0.4) is 0 Å². The number of hydrogen-bond donors (Lipinski definition) is 0. The quantitative estimate of drug-likeness (QED) is 0.450. The molecule has 0 aromatic carbocycles. The molecule has 21 heavy (non-hydrogen) atoms. The lowest BCUT2D eigenvalue weighted by Crippen LogP contribution is -1.87. The van der Waals surface area contributed by atoms with E-state index in [0.29, 0.717) is 5.92 Å². The second-order valence-corrected chi connectivity index (χ2v) is 12.4. The van der Waals surface area contributed by atoms with Crippen LogP contribution in [0.4, 0.5) is 0 Å². The van der Waals surface area contributed by atoms with Gasteiger partial charge in [-0.3, -0.25) is 0 Å². The zero-order valence-electron chi connectivity index (χ0n) is 12.6. The lowest BCUT2D eigenvalue weighted by molar-refractivity contribution is 0.819. The van der Waals surface area contributed by atoms with Crippen LogP contribution in [0.5, 0.6) is 0 Å². The van der Waals surface area contributed by atoms with Gasteiger partial charge >= 0.3 is 0 Å². The van der Waals surface area contributed by atoms with Gasteiger partial charge in [-0.15, -0.1) is 35.3 Å². The van der Waals surface area contributed by atoms with E-state index in [1.54, 1.807) is 0 Å². The van der Waals surface area contributed by atoms with Gasteiger partial charge in [0.2, 0.25) is 0 Å². The van der Waals surface area contributed by atoms with Crippen LogP contribution in [-0.2, 0) is 0 Å². The van der Waals surface area contributed by atoms with Crippen LogP contribution in [-0.4, -0.2) is 18.8 Å². The van der Waals surface area contributed by atoms with Gasteiger partial charge in [0, 0.05) is 4.91 Å². The van der Waals surface area contributed by atoms with Crippen molar-refractivity contribution in [1.82, 2.24) is 0 Å². The third-order valence-electron chi connectivity index (χ3n) is 2.59.